The van der Waals surface area contributed by atoms with E-state index in [2.05, 4.69) is 5.32 Å². The van der Waals surface area contributed by atoms with Crippen molar-refractivity contribution in [3.63, 3.8) is 0 Å². The molecule has 1 aliphatic heterocycles. The Hall–Kier alpha value is -2.91. The largest absolute Gasteiger partial charge is 0.416 e. The van der Waals surface area contributed by atoms with Crippen LogP contribution in [0.1, 0.15) is 11.1 Å². The van der Waals surface area contributed by atoms with Crippen LogP contribution < -0.4 is 5.32 Å². The molecule has 1 N–H and O–H groups in total. The summed E-state index contributed by atoms with van der Waals surface area (Å²) in [4.78, 5) is 26.2. The summed E-state index contributed by atoms with van der Waals surface area (Å²) in [7, 11) is 0. The molecule has 2 amide bonds. The summed E-state index contributed by atoms with van der Waals surface area (Å²) in [6.45, 7) is -0.388. The second kappa shape index (κ2) is 9.27. The standard InChI is InChI=1S/C21H15F3N2O2S2/c22-21(23,24)15-9-5-10-16(12-15)25-18(27)13-26-19(28)17(30-20(26)29)11-4-8-14-6-2-1-3-7-14/h1-12H,13H2,(H,25,27). The van der Waals surface area contributed by atoms with E-state index in [9.17, 15) is 22.8 Å². The summed E-state index contributed by atoms with van der Waals surface area (Å²) >= 11 is 6.23. The van der Waals surface area contributed by atoms with Crippen molar-refractivity contribution in [1.29, 1.82) is 0 Å². The van der Waals surface area contributed by atoms with Crippen LogP contribution in [-0.2, 0) is 15.8 Å². The highest BCUT2D eigenvalue weighted by Crippen LogP contribution is 2.32. The highest BCUT2D eigenvalue weighted by molar-refractivity contribution is 8.26. The Balaban J connectivity index is 1.63. The Labute approximate surface area is 180 Å². The molecule has 1 heterocycles. The molecule has 30 heavy (non-hydrogen) atoms. The van der Waals surface area contributed by atoms with Gasteiger partial charge in [-0.1, -0.05) is 72.5 Å². The minimum absolute atomic E-state index is 0.0124. The number of nitrogens with zero attached hydrogens (tertiary/aromatic N) is 1. The first-order valence-corrected chi connectivity index (χ1v) is 9.91. The SMILES string of the molecule is O=C(CN1C(=O)C(=CC=Cc2ccccc2)SC1=S)Nc1cccc(C(F)(F)F)c1. The molecule has 0 spiro atoms. The molecule has 3 rings (SSSR count). The average molecular weight is 448 g/mol. The number of nitrogens with one attached hydrogen (secondary N) is 1. The van der Waals surface area contributed by atoms with Crippen molar-refractivity contribution in [2.45, 2.75) is 6.18 Å². The third kappa shape index (κ3) is 5.58. The van der Waals surface area contributed by atoms with E-state index in [1.165, 1.54) is 12.1 Å². The topological polar surface area (TPSA) is 49.4 Å². The quantitative estimate of drug-likeness (QED) is 0.511. The molecule has 2 aromatic rings. The van der Waals surface area contributed by atoms with E-state index in [4.69, 9.17) is 12.2 Å². The van der Waals surface area contributed by atoms with Crippen LogP contribution in [0.2, 0.25) is 0 Å². The lowest BCUT2D eigenvalue weighted by Gasteiger charge is -2.15. The number of amides is 2. The van der Waals surface area contributed by atoms with Gasteiger partial charge in [0.2, 0.25) is 5.91 Å². The summed E-state index contributed by atoms with van der Waals surface area (Å²) in [6, 6.07) is 13.8. The smallest absolute Gasteiger partial charge is 0.325 e. The molecule has 0 atom stereocenters. The fraction of sp³-hybridized carbons (Fsp3) is 0.0952. The number of thiocarbonyl (C=S) groups is 1. The van der Waals surface area contributed by atoms with Crippen LogP contribution in [0.25, 0.3) is 6.08 Å². The van der Waals surface area contributed by atoms with Gasteiger partial charge in [-0.05, 0) is 29.8 Å². The molecule has 0 bridgehead atoms. The first-order valence-electron chi connectivity index (χ1n) is 8.68. The number of hydrogen-bond donors (Lipinski definition) is 1. The van der Waals surface area contributed by atoms with Crippen LogP contribution in [-0.4, -0.2) is 27.6 Å². The molecule has 0 radical (unpaired) electrons. The molecule has 1 fully saturated rings. The fourth-order valence-corrected chi connectivity index (χ4v) is 3.79. The van der Waals surface area contributed by atoms with Crippen LogP contribution in [0.4, 0.5) is 18.9 Å². The van der Waals surface area contributed by atoms with Crippen molar-refractivity contribution in [1.82, 2.24) is 4.90 Å². The van der Waals surface area contributed by atoms with Crippen molar-refractivity contribution < 1.29 is 22.8 Å². The molecule has 9 heteroatoms. The monoisotopic (exact) mass is 448 g/mol. The maximum absolute atomic E-state index is 12.8. The summed E-state index contributed by atoms with van der Waals surface area (Å²) in [5.74, 6) is -1.08. The van der Waals surface area contributed by atoms with Crippen molar-refractivity contribution in [2.24, 2.45) is 0 Å². The first-order chi connectivity index (χ1) is 14.2. The molecule has 4 nitrogen and oxygen atoms in total. The van der Waals surface area contributed by atoms with Crippen molar-refractivity contribution >= 4 is 51.9 Å². The molecule has 0 aromatic heterocycles. The zero-order chi connectivity index (χ0) is 21.7. The van der Waals surface area contributed by atoms with Gasteiger partial charge in [-0.25, -0.2) is 0 Å². The highest BCUT2D eigenvalue weighted by atomic mass is 32.2. The minimum Gasteiger partial charge on any atom is -0.325 e. The lowest BCUT2D eigenvalue weighted by Crippen LogP contribution is -2.36. The number of benzene rings is 2. The van der Waals surface area contributed by atoms with E-state index in [0.29, 0.717) is 4.91 Å². The molecular formula is C21H15F3N2O2S2. The summed E-state index contributed by atoms with van der Waals surface area (Å²) in [5, 5.41) is 2.37. The van der Waals surface area contributed by atoms with Gasteiger partial charge in [0.1, 0.15) is 10.9 Å². The van der Waals surface area contributed by atoms with E-state index < -0.39 is 23.6 Å². The number of rotatable bonds is 5. The van der Waals surface area contributed by atoms with Crippen LogP contribution in [0.3, 0.4) is 0 Å². The van der Waals surface area contributed by atoms with E-state index in [0.717, 1.165) is 34.4 Å². The third-order valence-electron chi connectivity index (χ3n) is 3.98. The second-order valence-electron chi connectivity index (χ2n) is 6.19. The van der Waals surface area contributed by atoms with Gasteiger partial charge in [0.25, 0.3) is 5.91 Å². The second-order valence-corrected chi connectivity index (χ2v) is 7.86. The number of hydrogen-bond acceptors (Lipinski definition) is 4. The van der Waals surface area contributed by atoms with Gasteiger partial charge in [0.05, 0.1) is 10.5 Å². The van der Waals surface area contributed by atoms with Crippen molar-refractivity contribution in [3.8, 4) is 0 Å². The first kappa shape index (κ1) is 21.8. The average Bonchev–Trinajstić information content (AvgIpc) is 2.96. The van der Waals surface area contributed by atoms with Crippen LogP contribution >= 0.6 is 24.0 Å². The number of halogens is 3. The highest BCUT2D eigenvalue weighted by Gasteiger charge is 2.33. The number of carbonyl (C=O) groups excluding carboxylic acids is 2. The zero-order valence-corrected chi connectivity index (χ0v) is 17.0. The molecule has 1 aliphatic rings. The lowest BCUT2D eigenvalue weighted by molar-refractivity contribution is -0.137. The van der Waals surface area contributed by atoms with Gasteiger partial charge in [-0.15, -0.1) is 0 Å². The van der Waals surface area contributed by atoms with Gasteiger partial charge in [-0.2, -0.15) is 13.2 Å². The number of anilines is 1. The van der Waals surface area contributed by atoms with E-state index in [1.54, 1.807) is 12.2 Å². The van der Waals surface area contributed by atoms with Gasteiger partial charge >= 0.3 is 6.18 Å². The van der Waals surface area contributed by atoms with Gasteiger partial charge in [0, 0.05) is 5.69 Å². The third-order valence-corrected chi connectivity index (χ3v) is 5.38. The Morgan fingerprint density at radius 2 is 1.87 bits per heavy atom. The number of alkyl halides is 3. The van der Waals surface area contributed by atoms with E-state index in [-0.39, 0.29) is 16.6 Å². The molecule has 0 unspecified atom stereocenters. The van der Waals surface area contributed by atoms with Crippen molar-refractivity contribution in [3.05, 3.63) is 82.8 Å². The fourth-order valence-electron chi connectivity index (χ4n) is 2.58. The van der Waals surface area contributed by atoms with Crippen LogP contribution in [0, 0.1) is 0 Å². The van der Waals surface area contributed by atoms with Gasteiger partial charge in [0.15, 0.2) is 0 Å². The maximum atomic E-state index is 12.8. The molecule has 1 saturated heterocycles. The van der Waals surface area contributed by atoms with Crippen molar-refractivity contribution in [2.75, 3.05) is 11.9 Å². The molecule has 0 saturated carbocycles. The van der Waals surface area contributed by atoms with Gasteiger partial charge < -0.3 is 5.32 Å². The summed E-state index contributed by atoms with van der Waals surface area (Å²) in [6.07, 6.45) is 0.630. The maximum Gasteiger partial charge on any atom is 0.416 e. The molecule has 2 aromatic carbocycles. The Bertz CT molecular complexity index is 1030. The Kier molecular flexibility index (Phi) is 6.73. The summed E-state index contributed by atoms with van der Waals surface area (Å²) in [5.41, 5.74) is 0.0744. The molecule has 154 valence electrons. The lowest BCUT2D eigenvalue weighted by atomic mass is 10.2. The van der Waals surface area contributed by atoms with E-state index in [1.807, 2.05) is 36.4 Å². The van der Waals surface area contributed by atoms with Crippen LogP contribution in [0.15, 0.2) is 71.7 Å². The Morgan fingerprint density at radius 1 is 1.13 bits per heavy atom. The number of carbonyl (C=O) groups is 2. The Morgan fingerprint density at radius 3 is 2.57 bits per heavy atom. The molecule has 0 aliphatic carbocycles. The zero-order valence-electron chi connectivity index (χ0n) is 15.3. The predicted molar refractivity (Wildman–Crippen MR) is 116 cm³/mol. The normalized spacial score (nSPS) is 16.0. The number of thioether (sulfide) groups is 1. The summed E-state index contributed by atoms with van der Waals surface area (Å²) < 4.78 is 38.6. The minimum atomic E-state index is -4.52. The number of allylic oxidation sites excluding steroid dienone is 2. The van der Waals surface area contributed by atoms with E-state index >= 15 is 0 Å². The van der Waals surface area contributed by atoms with Gasteiger partial charge in [-0.3, -0.25) is 14.5 Å². The molecular weight excluding hydrogens is 433 g/mol. The predicted octanol–water partition coefficient (Wildman–Crippen LogP) is 5.10. The van der Waals surface area contributed by atoms with Crippen LogP contribution in [0.5, 0.6) is 0 Å².